The van der Waals surface area contributed by atoms with Crippen LogP contribution in [0.15, 0.2) is 41.2 Å². The van der Waals surface area contributed by atoms with Crippen LogP contribution in [0.2, 0.25) is 0 Å². The quantitative estimate of drug-likeness (QED) is 0.879. The van der Waals surface area contributed by atoms with Gasteiger partial charge in [0.2, 0.25) is 0 Å². The molecule has 2 aromatic rings. The van der Waals surface area contributed by atoms with E-state index in [1.807, 2.05) is 19.1 Å². The van der Waals surface area contributed by atoms with Crippen LogP contribution in [0, 0.1) is 13.8 Å². The summed E-state index contributed by atoms with van der Waals surface area (Å²) in [7, 11) is 0. The highest BCUT2D eigenvalue weighted by Crippen LogP contribution is 2.10. The highest BCUT2D eigenvalue weighted by Gasteiger charge is 2.13. The second-order valence-electron chi connectivity index (χ2n) is 4.17. The Morgan fingerprint density at radius 2 is 1.67 bits per heavy atom. The first kappa shape index (κ1) is 12.1. The molecule has 0 saturated heterocycles. The molecule has 1 N–H and O–H groups in total. The predicted octanol–water partition coefficient (Wildman–Crippen LogP) is 2.15. The van der Waals surface area contributed by atoms with Gasteiger partial charge in [-0.3, -0.25) is 9.36 Å². The Hall–Kier alpha value is -2.36. The molecule has 0 bridgehead atoms. The monoisotopic (exact) mass is 243 g/mol. The van der Waals surface area contributed by atoms with E-state index in [4.69, 9.17) is 5.11 Å². The number of aromatic nitrogens is 1. The van der Waals surface area contributed by atoms with Crippen LogP contribution in [0.25, 0.3) is 5.69 Å². The molecule has 1 aromatic heterocycles. The molecule has 2 rings (SSSR count). The number of hydrogen-bond donors (Lipinski definition) is 1. The molecule has 4 nitrogen and oxygen atoms in total. The fourth-order valence-corrected chi connectivity index (χ4v) is 1.81. The van der Waals surface area contributed by atoms with Gasteiger partial charge in [-0.15, -0.1) is 0 Å². The summed E-state index contributed by atoms with van der Waals surface area (Å²) in [4.78, 5) is 23.1. The number of hydrogen-bond acceptors (Lipinski definition) is 2. The van der Waals surface area contributed by atoms with Crippen LogP contribution < -0.4 is 5.56 Å². The molecule has 0 amide bonds. The van der Waals surface area contributed by atoms with Crippen molar-refractivity contribution in [2.75, 3.05) is 0 Å². The van der Waals surface area contributed by atoms with Crippen LogP contribution in [0.5, 0.6) is 0 Å². The molecule has 0 aliphatic heterocycles. The zero-order valence-corrected chi connectivity index (χ0v) is 10.2. The number of rotatable bonds is 2. The molecule has 1 heterocycles. The first-order chi connectivity index (χ1) is 8.50. The lowest BCUT2D eigenvalue weighted by Crippen LogP contribution is -2.26. The van der Waals surface area contributed by atoms with Crippen molar-refractivity contribution in [3.05, 3.63) is 63.6 Å². The average Bonchev–Trinajstić information content (AvgIpc) is 2.31. The van der Waals surface area contributed by atoms with E-state index in [1.165, 1.54) is 10.6 Å². The van der Waals surface area contributed by atoms with E-state index >= 15 is 0 Å². The van der Waals surface area contributed by atoms with Crippen LogP contribution in [-0.4, -0.2) is 15.6 Å². The van der Waals surface area contributed by atoms with Crippen molar-refractivity contribution >= 4 is 5.97 Å². The van der Waals surface area contributed by atoms with Gasteiger partial charge in [0.25, 0.3) is 5.56 Å². The Morgan fingerprint density at radius 3 is 2.22 bits per heavy atom. The maximum absolute atomic E-state index is 12.1. The summed E-state index contributed by atoms with van der Waals surface area (Å²) in [5.74, 6) is -1.21. The Bertz CT molecular complexity index is 654. The molecule has 0 spiro atoms. The Labute approximate surface area is 104 Å². The van der Waals surface area contributed by atoms with E-state index < -0.39 is 11.5 Å². The minimum atomic E-state index is -1.21. The van der Waals surface area contributed by atoms with Gasteiger partial charge in [0.05, 0.1) is 0 Å². The third-order valence-corrected chi connectivity index (χ3v) is 2.80. The molecule has 0 aliphatic rings. The van der Waals surface area contributed by atoms with Crippen LogP contribution in [0.1, 0.15) is 21.6 Å². The van der Waals surface area contributed by atoms with Crippen LogP contribution >= 0.6 is 0 Å². The number of aryl methyl sites for hydroxylation is 2. The van der Waals surface area contributed by atoms with Gasteiger partial charge in [0.1, 0.15) is 5.56 Å². The van der Waals surface area contributed by atoms with Crippen molar-refractivity contribution in [1.82, 2.24) is 4.57 Å². The van der Waals surface area contributed by atoms with E-state index in [2.05, 4.69) is 0 Å². The van der Waals surface area contributed by atoms with E-state index in [0.29, 0.717) is 11.4 Å². The van der Waals surface area contributed by atoms with Gasteiger partial charge in [0.15, 0.2) is 0 Å². The largest absolute Gasteiger partial charge is 0.477 e. The Morgan fingerprint density at radius 1 is 1.06 bits per heavy atom. The van der Waals surface area contributed by atoms with Crippen molar-refractivity contribution in [2.24, 2.45) is 0 Å². The lowest BCUT2D eigenvalue weighted by atomic mass is 10.2. The Kier molecular flexibility index (Phi) is 3.02. The molecule has 0 fully saturated rings. The summed E-state index contributed by atoms with van der Waals surface area (Å²) in [6.07, 6.45) is 0. The van der Waals surface area contributed by atoms with Crippen molar-refractivity contribution in [3.63, 3.8) is 0 Å². The van der Waals surface area contributed by atoms with Crippen molar-refractivity contribution < 1.29 is 9.90 Å². The topological polar surface area (TPSA) is 59.3 Å². The number of carbonyl (C=O) groups is 1. The third kappa shape index (κ3) is 2.05. The number of aromatic carboxylic acids is 1. The van der Waals surface area contributed by atoms with Gasteiger partial charge in [-0.25, -0.2) is 4.79 Å². The number of carboxylic acids is 1. The molecule has 0 atom stereocenters. The molecule has 0 aliphatic carbocycles. The van der Waals surface area contributed by atoms with Gasteiger partial charge in [0, 0.05) is 11.4 Å². The molecule has 1 aromatic carbocycles. The average molecular weight is 243 g/mol. The van der Waals surface area contributed by atoms with E-state index in [9.17, 15) is 9.59 Å². The van der Waals surface area contributed by atoms with Crippen LogP contribution in [-0.2, 0) is 0 Å². The van der Waals surface area contributed by atoms with Gasteiger partial charge >= 0.3 is 5.97 Å². The minimum absolute atomic E-state index is 0.221. The summed E-state index contributed by atoms with van der Waals surface area (Å²) >= 11 is 0. The second kappa shape index (κ2) is 4.49. The van der Waals surface area contributed by atoms with Crippen molar-refractivity contribution in [1.29, 1.82) is 0 Å². The highest BCUT2D eigenvalue weighted by atomic mass is 16.4. The predicted molar refractivity (Wildman–Crippen MR) is 68.5 cm³/mol. The smallest absolute Gasteiger partial charge is 0.341 e. The SMILES string of the molecule is Cc1ccc(-n2c(C)ccc(C(=O)O)c2=O)cc1. The molecule has 92 valence electrons. The summed E-state index contributed by atoms with van der Waals surface area (Å²) < 4.78 is 1.41. The molecule has 0 saturated carbocycles. The molecular formula is C14H13NO3. The minimum Gasteiger partial charge on any atom is -0.477 e. The summed E-state index contributed by atoms with van der Waals surface area (Å²) in [5, 5.41) is 8.96. The van der Waals surface area contributed by atoms with Crippen molar-refractivity contribution in [2.45, 2.75) is 13.8 Å². The fourth-order valence-electron chi connectivity index (χ4n) is 1.81. The van der Waals surface area contributed by atoms with Gasteiger partial charge in [-0.2, -0.15) is 0 Å². The summed E-state index contributed by atoms with van der Waals surface area (Å²) in [6.45, 7) is 3.72. The van der Waals surface area contributed by atoms with Gasteiger partial charge in [-0.1, -0.05) is 17.7 Å². The second-order valence-corrected chi connectivity index (χ2v) is 4.17. The molecule has 0 radical (unpaired) electrons. The zero-order valence-electron chi connectivity index (χ0n) is 10.2. The molecule has 0 unspecified atom stereocenters. The normalized spacial score (nSPS) is 10.3. The third-order valence-electron chi connectivity index (χ3n) is 2.80. The Balaban J connectivity index is 2.71. The number of pyridine rings is 1. The fraction of sp³-hybridized carbons (Fsp3) is 0.143. The maximum Gasteiger partial charge on any atom is 0.341 e. The molecule has 18 heavy (non-hydrogen) atoms. The number of nitrogens with zero attached hydrogens (tertiary/aromatic N) is 1. The summed E-state index contributed by atoms with van der Waals surface area (Å²) in [6, 6.07) is 10.3. The van der Waals surface area contributed by atoms with Crippen LogP contribution in [0.4, 0.5) is 0 Å². The lowest BCUT2D eigenvalue weighted by molar-refractivity contribution is 0.0694. The van der Waals surface area contributed by atoms with Crippen LogP contribution in [0.3, 0.4) is 0 Å². The number of carboxylic acid groups (broad SMARTS) is 1. The summed E-state index contributed by atoms with van der Waals surface area (Å²) in [5.41, 5.74) is 1.73. The molecular weight excluding hydrogens is 230 g/mol. The van der Waals surface area contributed by atoms with Gasteiger partial charge < -0.3 is 5.11 Å². The highest BCUT2D eigenvalue weighted by molar-refractivity contribution is 5.87. The first-order valence-electron chi connectivity index (χ1n) is 5.53. The van der Waals surface area contributed by atoms with Crippen molar-refractivity contribution in [3.8, 4) is 5.69 Å². The lowest BCUT2D eigenvalue weighted by Gasteiger charge is -2.10. The maximum atomic E-state index is 12.1. The standard InChI is InChI=1S/C14H13NO3/c1-9-3-6-11(7-4-9)15-10(2)5-8-12(13(15)16)14(17)18/h3-8H,1-2H3,(H,17,18). The number of benzene rings is 1. The molecule has 4 heteroatoms. The van der Waals surface area contributed by atoms with E-state index in [-0.39, 0.29) is 5.56 Å². The first-order valence-corrected chi connectivity index (χ1v) is 5.53. The van der Waals surface area contributed by atoms with E-state index in [1.54, 1.807) is 25.1 Å². The van der Waals surface area contributed by atoms with Gasteiger partial charge in [-0.05, 0) is 38.1 Å². The zero-order chi connectivity index (χ0) is 13.3. The van der Waals surface area contributed by atoms with E-state index in [0.717, 1.165) is 5.56 Å².